The van der Waals surface area contributed by atoms with E-state index in [0.717, 1.165) is 5.06 Å². The lowest BCUT2D eigenvalue weighted by Gasteiger charge is -2.25. The first kappa shape index (κ1) is 14.7. The molecule has 0 fully saturated rings. The minimum Gasteiger partial charge on any atom is -0.444 e. The molecule has 0 aromatic carbocycles. The van der Waals surface area contributed by atoms with Crippen LogP contribution in [0.5, 0.6) is 0 Å². The molecular formula is C10H20N2O4. The smallest absolute Gasteiger partial charge is 0.410 e. The Kier molecular flexibility index (Phi) is 5.23. The van der Waals surface area contributed by atoms with Crippen LogP contribution in [0.15, 0.2) is 0 Å². The third-order valence-corrected chi connectivity index (χ3v) is 1.70. The van der Waals surface area contributed by atoms with Crippen LogP contribution >= 0.6 is 0 Å². The number of ether oxygens (including phenoxy) is 1. The molecule has 94 valence electrons. The zero-order chi connectivity index (χ0) is 12.9. The van der Waals surface area contributed by atoms with Gasteiger partial charge in [-0.1, -0.05) is 0 Å². The molecule has 0 aromatic heterocycles. The normalized spacial score (nSPS) is 10.9. The molecule has 16 heavy (non-hydrogen) atoms. The number of rotatable bonds is 3. The average Bonchev–Trinajstić information content (AvgIpc) is 2.13. The highest BCUT2D eigenvalue weighted by Gasteiger charge is 2.22. The second-order valence-corrected chi connectivity index (χ2v) is 4.41. The van der Waals surface area contributed by atoms with Gasteiger partial charge in [-0.05, 0) is 20.8 Å². The van der Waals surface area contributed by atoms with Gasteiger partial charge in [0, 0.05) is 14.1 Å². The Bertz CT molecular complexity index is 260. The van der Waals surface area contributed by atoms with Crippen molar-refractivity contribution in [3.8, 4) is 0 Å². The van der Waals surface area contributed by atoms with Crippen molar-refractivity contribution in [3.63, 3.8) is 0 Å². The first-order valence-corrected chi connectivity index (χ1v) is 4.92. The zero-order valence-corrected chi connectivity index (χ0v) is 10.7. The Balaban J connectivity index is 4.21. The number of hydroxylamine groups is 2. The molecule has 6 heteroatoms. The van der Waals surface area contributed by atoms with E-state index < -0.39 is 11.7 Å². The molecule has 0 aliphatic rings. The van der Waals surface area contributed by atoms with Crippen LogP contribution in [0.4, 0.5) is 4.79 Å². The second kappa shape index (κ2) is 5.69. The molecule has 0 aliphatic heterocycles. The maximum Gasteiger partial charge on any atom is 0.410 e. The maximum absolute atomic E-state index is 11.5. The summed E-state index contributed by atoms with van der Waals surface area (Å²) in [6, 6.07) is 0. The van der Waals surface area contributed by atoms with Crippen LogP contribution in [0.2, 0.25) is 0 Å². The van der Waals surface area contributed by atoms with Crippen molar-refractivity contribution in [3.05, 3.63) is 0 Å². The van der Waals surface area contributed by atoms with Gasteiger partial charge in [-0.15, -0.1) is 0 Å². The van der Waals surface area contributed by atoms with Crippen molar-refractivity contribution in [2.45, 2.75) is 26.4 Å². The van der Waals surface area contributed by atoms with Crippen LogP contribution in [-0.4, -0.2) is 55.3 Å². The van der Waals surface area contributed by atoms with E-state index in [-0.39, 0.29) is 12.5 Å². The van der Waals surface area contributed by atoms with E-state index in [1.807, 2.05) is 0 Å². The standard InChI is InChI=1S/C10H20N2O4/c1-10(2,3)16-9(14)11(4)7-8(13)12(5)15-6/h7H2,1-6H3. The second-order valence-electron chi connectivity index (χ2n) is 4.41. The fourth-order valence-electron chi connectivity index (χ4n) is 0.809. The molecule has 0 N–H and O–H groups in total. The summed E-state index contributed by atoms with van der Waals surface area (Å²) in [6.07, 6.45) is -0.537. The van der Waals surface area contributed by atoms with Crippen LogP contribution in [0, 0.1) is 0 Å². The van der Waals surface area contributed by atoms with E-state index in [0.29, 0.717) is 0 Å². The van der Waals surface area contributed by atoms with E-state index in [1.165, 1.54) is 26.1 Å². The molecule has 0 radical (unpaired) electrons. The van der Waals surface area contributed by atoms with Crippen molar-refractivity contribution >= 4 is 12.0 Å². The third kappa shape index (κ3) is 5.55. The van der Waals surface area contributed by atoms with Crippen molar-refractivity contribution in [1.29, 1.82) is 0 Å². The minimum absolute atomic E-state index is 0.0841. The van der Waals surface area contributed by atoms with E-state index in [2.05, 4.69) is 0 Å². The van der Waals surface area contributed by atoms with Gasteiger partial charge < -0.3 is 9.64 Å². The van der Waals surface area contributed by atoms with E-state index in [4.69, 9.17) is 9.57 Å². The minimum atomic E-state index is -0.568. The summed E-state index contributed by atoms with van der Waals surface area (Å²) in [4.78, 5) is 28.8. The van der Waals surface area contributed by atoms with Gasteiger partial charge in [0.1, 0.15) is 12.1 Å². The van der Waals surface area contributed by atoms with Gasteiger partial charge in [-0.2, -0.15) is 0 Å². The van der Waals surface area contributed by atoms with Gasteiger partial charge in [-0.3, -0.25) is 9.63 Å². The lowest BCUT2D eigenvalue weighted by molar-refractivity contribution is -0.169. The quantitative estimate of drug-likeness (QED) is 0.677. The number of nitrogens with zero attached hydrogens (tertiary/aromatic N) is 2. The number of amides is 2. The first-order valence-electron chi connectivity index (χ1n) is 4.92. The fraction of sp³-hybridized carbons (Fsp3) is 0.800. The third-order valence-electron chi connectivity index (χ3n) is 1.70. The molecule has 0 bridgehead atoms. The van der Waals surface area contributed by atoms with Crippen LogP contribution in [-0.2, 0) is 14.4 Å². The molecule has 2 amide bonds. The highest BCUT2D eigenvalue weighted by Crippen LogP contribution is 2.08. The Morgan fingerprint density at radius 3 is 2.06 bits per heavy atom. The van der Waals surface area contributed by atoms with Gasteiger partial charge in [-0.25, -0.2) is 9.86 Å². The van der Waals surface area contributed by atoms with Gasteiger partial charge in [0.15, 0.2) is 0 Å². The molecule has 0 aliphatic carbocycles. The molecular weight excluding hydrogens is 212 g/mol. The summed E-state index contributed by atoms with van der Waals surface area (Å²) < 4.78 is 5.09. The Labute approximate surface area is 96.0 Å². The molecule has 0 atom stereocenters. The molecule has 6 nitrogen and oxygen atoms in total. The van der Waals surface area contributed by atoms with Gasteiger partial charge in [0.05, 0.1) is 7.11 Å². The predicted octanol–water partition coefficient (Wildman–Crippen LogP) is 0.873. The van der Waals surface area contributed by atoms with Crippen LogP contribution in [0.1, 0.15) is 20.8 Å². The van der Waals surface area contributed by atoms with Crippen LogP contribution in [0.25, 0.3) is 0 Å². The van der Waals surface area contributed by atoms with Gasteiger partial charge in [0.25, 0.3) is 5.91 Å². The molecule has 0 aromatic rings. The first-order chi connectivity index (χ1) is 7.17. The largest absolute Gasteiger partial charge is 0.444 e. The number of hydrogen-bond acceptors (Lipinski definition) is 4. The van der Waals surface area contributed by atoms with Crippen molar-refractivity contribution in [1.82, 2.24) is 9.96 Å². The van der Waals surface area contributed by atoms with Gasteiger partial charge >= 0.3 is 6.09 Å². The topological polar surface area (TPSA) is 59.1 Å². The summed E-state index contributed by atoms with van der Waals surface area (Å²) in [7, 11) is 4.35. The van der Waals surface area contributed by atoms with Crippen LogP contribution in [0.3, 0.4) is 0 Å². The summed E-state index contributed by atoms with van der Waals surface area (Å²) >= 11 is 0. The molecule has 0 rings (SSSR count). The van der Waals surface area contributed by atoms with Gasteiger partial charge in [0.2, 0.25) is 0 Å². The van der Waals surface area contributed by atoms with E-state index >= 15 is 0 Å². The number of hydrogen-bond donors (Lipinski definition) is 0. The molecule has 0 spiro atoms. The predicted molar refractivity (Wildman–Crippen MR) is 58.6 cm³/mol. The average molecular weight is 232 g/mol. The van der Waals surface area contributed by atoms with Crippen molar-refractivity contribution in [2.75, 3.05) is 27.7 Å². The summed E-state index contributed by atoms with van der Waals surface area (Å²) in [5.41, 5.74) is -0.568. The lowest BCUT2D eigenvalue weighted by atomic mass is 10.2. The number of carbonyl (C=O) groups excluding carboxylic acids is 2. The molecule has 0 heterocycles. The summed E-state index contributed by atoms with van der Waals surface area (Å²) in [5, 5.41) is 1.06. The highest BCUT2D eigenvalue weighted by molar-refractivity contribution is 5.81. The number of likely N-dealkylation sites (N-methyl/N-ethyl adjacent to an activating group) is 2. The molecule has 0 saturated heterocycles. The van der Waals surface area contributed by atoms with E-state index in [9.17, 15) is 9.59 Å². The summed E-state index contributed by atoms with van der Waals surface area (Å²) in [6.45, 7) is 5.21. The number of carbonyl (C=O) groups is 2. The monoisotopic (exact) mass is 232 g/mol. The summed E-state index contributed by atoms with van der Waals surface area (Å²) in [5.74, 6) is -0.323. The Hall–Kier alpha value is -1.30. The van der Waals surface area contributed by atoms with E-state index in [1.54, 1.807) is 20.8 Å². The Morgan fingerprint density at radius 2 is 1.69 bits per heavy atom. The molecule has 0 unspecified atom stereocenters. The van der Waals surface area contributed by atoms with Crippen molar-refractivity contribution < 1.29 is 19.2 Å². The van der Waals surface area contributed by atoms with Crippen molar-refractivity contribution in [2.24, 2.45) is 0 Å². The lowest BCUT2D eigenvalue weighted by Crippen LogP contribution is -2.41. The SMILES string of the molecule is CON(C)C(=O)CN(C)C(=O)OC(C)(C)C. The van der Waals surface area contributed by atoms with Crippen LogP contribution < -0.4 is 0 Å². The fourth-order valence-corrected chi connectivity index (χ4v) is 0.809. The zero-order valence-electron chi connectivity index (χ0n) is 10.7. The maximum atomic E-state index is 11.5. The molecule has 0 saturated carbocycles. The highest BCUT2D eigenvalue weighted by atomic mass is 16.7. The Morgan fingerprint density at radius 1 is 1.19 bits per heavy atom.